The minimum atomic E-state index is -0.390. The smallest absolute Gasteiger partial charge is 0.189 e. The van der Waals surface area contributed by atoms with Gasteiger partial charge in [0.05, 0.1) is 6.61 Å². The maximum atomic E-state index is 13.7. The first-order chi connectivity index (χ1) is 9.81. The van der Waals surface area contributed by atoms with Gasteiger partial charge in [-0.3, -0.25) is 0 Å². The number of nitrogens with two attached hydrogens (primary N) is 1. The van der Waals surface area contributed by atoms with Crippen LogP contribution >= 0.6 is 0 Å². The second kappa shape index (κ2) is 7.62. The number of hydrogen-bond acceptors (Lipinski definition) is 3. The number of benzene rings is 2. The molecule has 2 rings (SSSR count). The zero-order chi connectivity index (χ0) is 14.2. The third-order valence-corrected chi connectivity index (χ3v) is 2.86. The van der Waals surface area contributed by atoms with Crippen LogP contribution in [0.5, 0.6) is 5.75 Å². The lowest BCUT2D eigenvalue weighted by atomic mass is 10.1. The number of rotatable bonds is 7. The Morgan fingerprint density at radius 1 is 1.00 bits per heavy atom. The van der Waals surface area contributed by atoms with Crippen molar-refractivity contribution in [2.45, 2.75) is 13.0 Å². The van der Waals surface area contributed by atoms with Crippen LogP contribution in [0.15, 0.2) is 48.5 Å². The Hall–Kier alpha value is -1.91. The maximum Gasteiger partial charge on any atom is 0.189 e. The third kappa shape index (κ3) is 4.05. The van der Waals surface area contributed by atoms with Crippen LogP contribution in [-0.4, -0.2) is 13.3 Å². The summed E-state index contributed by atoms with van der Waals surface area (Å²) in [7, 11) is 0. The second-order valence-electron chi connectivity index (χ2n) is 4.36. The molecule has 2 N–H and O–H groups in total. The molecule has 0 aliphatic carbocycles. The largest absolute Gasteiger partial charge is 0.464 e. The summed E-state index contributed by atoms with van der Waals surface area (Å²) in [6.07, 6.45) is 0.575. The lowest BCUT2D eigenvalue weighted by Crippen LogP contribution is -2.09. The fourth-order valence-electron chi connectivity index (χ4n) is 1.90. The molecule has 0 aromatic heterocycles. The van der Waals surface area contributed by atoms with Crippen LogP contribution in [0.25, 0.3) is 0 Å². The average Bonchev–Trinajstić information content (AvgIpc) is 2.47. The molecule has 0 spiro atoms. The summed E-state index contributed by atoms with van der Waals surface area (Å²) in [6, 6.07) is 14.6. The zero-order valence-electron chi connectivity index (χ0n) is 11.2. The van der Waals surface area contributed by atoms with Crippen LogP contribution in [0.4, 0.5) is 4.39 Å². The molecule has 0 amide bonds. The molecule has 0 fully saturated rings. The van der Waals surface area contributed by atoms with Crippen LogP contribution in [0.3, 0.4) is 0 Å². The molecule has 0 atom stereocenters. The summed E-state index contributed by atoms with van der Waals surface area (Å²) >= 11 is 0. The molecule has 3 nitrogen and oxygen atoms in total. The number of halogens is 1. The van der Waals surface area contributed by atoms with E-state index in [-0.39, 0.29) is 18.4 Å². The van der Waals surface area contributed by atoms with Gasteiger partial charge in [0.2, 0.25) is 0 Å². The second-order valence-corrected chi connectivity index (χ2v) is 4.36. The highest BCUT2D eigenvalue weighted by Gasteiger charge is 2.09. The van der Waals surface area contributed by atoms with Gasteiger partial charge in [0, 0.05) is 0 Å². The molecule has 2 aromatic carbocycles. The van der Waals surface area contributed by atoms with Crippen LogP contribution in [0.1, 0.15) is 11.1 Å². The zero-order valence-corrected chi connectivity index (χ0v) is 11.2. The van der Waals surface area contributed by atoms with Crippen molar-refractivity contribution in [1.29, 1.82) is 0 Å². The van der Waals surface area contributed by atoms with E-state index in [0.29, 0.717) is 19.6 Å². The summed E-state index contributed by atoms with van der Waals surface area (Å²) in [5.74, 6) is -0.162. The van der Waals surface area contributed by atoms with Gasteiger partial charge in [-0.05, 0) is 30.2 Å². The molecule has 0 aliphatic rings. The van der Waals surface area contributed by atoms with E-state index in [4.69, 9.17) is 15.2 Å². The van der Waals surface area contributed by atoms with Gasteiger partial charge in [0.1, 0.15) is 0 Å². The van der Waals surface area contributed by atoms with Crippen molar-refractivity contribution >= 4 is 0 Å². The van der Waals surface area contributed by atoms with E-state index in [1.807, 2.05) is 36.4 Å². The first-order valence-electron chi connectivity index (χ1n) is 6.53. The Kier molecular flexibility index (Phi) is 5.53. The Morgan fingerprint density at radius 3 is 2.55 bits per heavy atom. The average molecular weight is 275 g/mol. The van der Waals surface area contributed by atoms with Crippen molar-refractivity contribution in [2.24, 2.45) is 5.73 Å². The quantitative estimate of drug-likeness (QED) is 0.624. The summed E-state index contributed by atoms with van der Waals surface area (Å²) in [5, 5.41) is 0. The molecule has 2 aromatic rings. The van der Waals surface area contributed by atoms with E-state index in [1.165, 1.54) is 6.07 Å². The van der Waals surface area contributed by atoms with Crippen LogP contribution in [0.2, 0.25) is 0 Å². The standard InChI is InChI=1S/C16H18FNO2/c17-15-8-4-7-14(9-10-18)16(15)20-12-19-11-13-5-2-1-3-6-13/h1-8H,9-12,18H2. The van der Waals surface area contributed by atoms with Gasteiger partial charge in [-0.25, -0.2) is 4.39 Å². The lowest BCUT2D eigenvalue weighted by Gasteiger charge is -2.12. The van der Waals surface area contributed by atoms with Gasteiger partial charge in [0.15, 0.2) is 18.4 Å². The molecule has 0 saturated heterocycles. The Labute approximate surface area is 118 Å². The summed E-state index contributed by atoms with van der Waals surface area (Å²) < 4.78 is 24.5. The molecule has 0 bridgehead atoms. The Bertz CT molecular complexity index is 531. The number of para-hydroxylation sites is 1. The lowest BCUT2D eigenvalue weighted by molar-refractivity contribution is 0.00250. The van der Waals surface area contributed by atoms with Crippen molar-refractivity contribution < 1.29 is 13.9 Å². The SMILES string of the molecule is NCCc1cccc(F)c1OCOCc1ccccc1. The van der Waals surface area contributed by atoms with Crippen LogP contribution in [0, 0.1) is 5.82 Å². The Balaban J connectivity index is 1.87. The van der Waals surface area contributed by atoms with Gasteiger partial charge >= 0.3 is 0 Å². The first-order valence-corrected chi connectivity index (χ1v) is 6.53. The van der Waals surface area contributed by atoms with Gasteiger partial charge in [-0.2, -0.15) is 0 Å². The predicted molar refractivity (Wildman–Crippen MR) is 75.9 cm³/mol. The highest BCUT2D eigenvalue weighted by atomic mass is 19.1. The van der Waals surface area contributed by atoms with E-state index < -0.39 is 0 Å². The van der Waals surface area contributed by atoms with Gasteiger partial charge in [-0.15, -0.1) is 0 Å². The van der Waals surface area contributed by atoms with Crippen molar-refractivity contribution in [3.05, 3.63) is 65.5 Å². The highest BCUT2D eigenvalue weighted by Crippen LogP contribution is 2.23. The molecule has 0 radical (unpaired) electrons. The van der Waals surface area contributed by atoms with Crippen LogP contribution in [-0.2, 0) is 17.8 Å². The molecule has 0 aliphatic heterocycles. The molecular formula is C16H18FNO2. The van der Waals surface area contributed by atoms with Crippen molar-refractivity contribution in [3.8, 4) is 5.75 Å². The van der Waals surface area contributed by atoms with E-state index in [2.05, 4.69) is 0 Å². The van der Waals surface area contributed by atoms with Crippen molar-refractivity contribution in [3.63, 3.8) is 0 Å². The van der Waals surface area contributed by atoms with E-state index in [0.717, 1.165) is 11.1 Å². The van der Waals surface area contributed by atoms with Gasteiger partial charge in [-0.1, -0.05) is 42.5 Å². The van der Waals surface area contributed by atoms with Crippen LogP contribution < -0.4 is 10.5 Å². The number of ether oxygens (including phenoxy) is 2. The molecule has 0 heterocycles. The fraction of sp³-hybridized carbons (Fsp3) is 0.250. The van der Waals surface area contributed by atoms with Gasteiger partial charge < -0.3 is 15.2 Å². The number of hydrogen-bond donors (Lipinski definition) is 1. The van der Waals surface area contributed by atoms with Crippen molar-refractivity contribution in [2.75, 3.05) is 13.3 Å². The Morgan fingerprint density at radius 2 is 1.80 bits per heavy atom. The summed E-state index contributed by atoms with van der Waals surface area (Å²) in [6.45, 7) is 0.888. The molecule has 0 unspecified atom stereocenters. The van der Waals surface area contributed by atoms with Crippen molar-refractivity contribution in [1.82, 2.24) is 0 Å². The van der Waals surface area contributed by atoms with E-state index in [1.54, 1.807) is 6.07 Å². The normalized spacial score (nSPS) is 10.5. The minimum Gasteiger partial charge on any atom is -0.464 e. The molecule has 20 heavy (non-hydrogen) atoms. The summed E-state index contributed by atoms with van der Waals surface area (Å²) in [5.41, 5.74) is 7.31. The highest BCUT2D eigenvalue weighted by molar-refractivity contribution is 5.35. The minimum absolute atomic E-state index is 0.00734. The third-order valence-electron chi connectivity index (χ3n) is 2.86. The maximum absolute atomic E-state index is 13.7. The van der Waals surface area contributed by atoms with E-state index >= 15 is 0 Å². The molecular weight excluding hydrogens is 257 g/mol. The monoisotopic (exact) mass is 275 g/mol. The van der Waals surface area contributed by atoms with E-state index in [9.17, 15) is 4.39 Å². The molecule has 106 valence electrons. The fourth-order valence-corrected chi connectivity index (χ4v) is 1.90. The molecule has 0 saturated carbocycles. The molecule has 4 heteroatoms. The first kappa shape index (κ1) is 14.5. The topological polar surface area (TPSA) is 44.5 Å². The van der Waals surface area contributed by atoms with Gasteiger partial charge in [0.25, 0.3) is 0 Å². The summed E-state index contributed by atoms with van der Waals surface area (Å²) in [4.78, 5) is 0. The predicted octanol–water partition coefficient (Wildman–Crippen LogP) is 2.88.